The fraction of sp³-hybridized carbons (Fsp3) is 0.500. The molecule has 1 aromatic carbocycles. The van der Waals surface area contributed by atoms with E-state index >= 15 is 0 Å². The first-order valence-corrected chi connectivity index (χ1v) is 8.34. The molecule has 1 heterocycles. The Morgan fingerprint density at radius 2 is 2.14 bits per heavy atom. The van der Waals surface area contributed by atoms with Gasteiger partial charge in [-0.3, -0.25) is 4.79 Å². The van der Waals surface area contributed by atoms with Crippen LogP contribution in [0.2, 0.25) is 0 Å². The van der Waals surface area contributed by atoms with Crippen LogP contribution < -0.4 is 10.6 Å². The van der Waals surface area contributed by atoms with Crippen molar-refractivity contribution in [1.82, 2.24) is 15.2 Å². The van der Waals surface area contributed by atoms with Crippen molar-refractivity contribution >= 4 is 16.8 Å². The molecule has 0 aliphatic heterocycles. The minimum absolute atomic E-state index is 0.131. The van der Waals surface area contributed by atoms with Gasteiger partial charge in [0.15, 0.2) is 0 Å². The first kappa shape index (κ1) is 15.1. The van der Waals surface area contributed by atoms with Crippen molar-refractivity contribution in [2.45, 2.75) is 51.7 Å². The first-order valence-electron chi connectivity index (χ1n) is 8.34. The predicted molar refractivity (Wildman–Crippen MR) is 89.7 cm³/mol. The summed E-state index contributed by atoms with van der Waals surface area (Å²) in [7, 11) is 0. The monoisotopic (exact) mass is 299 g/mol. The Bertz CT molecular complexity index is 643. The first-order chi connectivity index (χ1) is 10.8. The molecule has 1 amide bonds. The van der Waals surface area contributed by atoms with Crippen LogP contribution in [0.25, 0.3) is 10.9 Å². The lowest BCUT2D eigenvalue weighted by atomic mass is 10.2. The molecule has 4 heteroatoms. The largest absolute Gasteiger partial charge is 0.356 e. The molecule has 1 aliphatic carbocycles. The van der Waals surface area contributed by atoms with Gasteiger partial charge >= 0.3 is 0 Å². The van der Waals surface area contributed by atoms with Crippen molar-refractivity contribution in [3.63, 3.8) is 0 Å². The van der Waals surface area contributed by atoms with Gasteiger partial charge in [0.25, 0.3) is 0 Å². The van der Waals surface area contributed by atoms with E-state index in [1.165, 1.54) is 29.3 Å². The standard InChI is InChI=1S/C18H25N3O/c1-2-18(22)19-10-5-11-21-13-14(12-20-15-8-9-15)16-6-3-4-7-17(16)21/h3-4,6-7,13,15,20H,2,5,8-12H2,1H3,(H,19,22). The highest BCUT2D eigenvalue weighted by Gasteiger charge is 2.20. The molecule has 3 rings (SSSR count). The van der Waals surface area contributed by atoms with Crippen LogP contribution in [0.1, 0.15) is 38.2 Å². The summed E-state index contributed by atoms with van der Waals surface area (Å²) < 4.78 is 2.32. The maximum atomic E-state index is 11.3. The number of para-hydroxylation sites is 1. The van der Waals surface area contributed by atoms with Gasteiger partial charge in [-0.15, -0.1) is 0 Å². The van der Waals surface area contributed by atoms with E-state index in [1.54, 1.807) is 0 Å². The molecule has 2 aromatic rings. The molecule has 4 nitrogen and oxygen atoms in total. The SMILES string of the molecule is CCC(=O)NCCCn1cc(CNC2CC2)c2ccccc21. The number of fused-ring (bicyclic) bond motifs is 1. The van der Waals surface area contributed by atoms with Crippen LogP contribution in [0.15, 0.2) is 30.5 Å². The quantitative estimate of drug-likeness (QED) is 0.736. The van der Waals surface area contributed by atoms with Crippen LogP contribution in [0.4, 0.5) is 0 Å². The van der Waals surface area contributed by atoms with E-state index in [9.17, 15) is 4.79 Å². The van der Waals surface area contributed by atoms with Crippen LogP contribution in [-0.4, -0.2) is 23.1 Å². The van der Waals surface area contributed by atoms with E-state index in [1.807, 2.05) is 6.92 Å². The summed E-state index contributed by atoms with van der Waals surface area (Å²) in [5, 5.41) is 7.88. The summed E-state index contributed by atoms with van der Waals surface area (Å²) in [6.45, 7) is 4.52. The van der Waals surface area contributed by atoms with Crippen LogP contribution in [0, 0.1) is 0 Å². The van der Waals surface area contributed by atoms with Gasteiger partial charge in [-0.1, -0.05) is 25.1 Å². The zero-order valence-electron chi connectivity index (χ0n) is 13.3. The Kier molecular flexibility index (Phi) is 4.78. The highest BCUT2D eigenvalue weighted by Crippen LogP contribution is 2.24. The lowest BCUT2D eigenvalue weighted by Gasteiger charge is -2.06. The van der Waals surface area contributed by atoms with E-state index in [-0.39, 0.29) is 5.91 Å². The van der Waals surface area contributed by atoms with Crippen molar-refractivity contribution in [3.8, 4) is 0 Å². The fourth-order valence-corrected chi connectivity index (χ4v) is 2.79. The van der Waals surface area contributed by atoms with E-state index in [2.05, 4.69) is 45.7 Å². The van der Waals surface area contributed by atoms with Crippen molar-refractivity contribution in [2.24, 2.45) is 0 Å². The lowest BCUT2D eigenvalue weighted by Crippen LogP contribution is -2.24. The second-order valence-corrected chi connectivity index (χ2v) is 6.08. The maximum absolute atomic E-state index is 11.3. The number of carbonyl (C=O) groups excluding carboxylic acids is 1. The number of carbonyl (C=O) groups is 1. The Hall–Kier alpha value is -1.81. The number of nitrogens with zero attached hydrogens (tertiary/aromatic N) is 1. The van der Waals surface area contributed by atoms with Crippen LogP contribution in [0.3, 0.4) is 0 Å². The Morgan fingerprint density at radius 3 is 2.91 bits per heavy atom. The van der Waals surface area contributed by atoms with Gasteiger partial charge in [0.1, 0.15) is 0 Å². The summed E-state index contributed by atoms with van der Waals surface area (Å²) in [6.07, 6.45) is 6.41. The van der Waals surface area contributed by atoms with Gasteiger partial charge in [-0.2, -0.15) is 0 Å². The van der Waals surface area contributed by atoms with Gasteiger partial charge in [-0.05, 0) is 30.9 Å². The second kappa shape index (κ2) is 6.97. The number of aromatic nitrogens is 1. The molecular formula is C18H25N3O. The Labute approximate surface area is 131 Å². The third-order valence-electron chi connectivity index (χ3n) is 4.25. The van der Waals surface area contributed by atoms with Crippen molar-refractivity contribution in [3.05, 3.63) is 36.0 Å². The number of rotatable bonds is 8. The van der Waals surface area contributed by atoms with Crippen molar-refractivity contribution < 1.29 is 4.79 Å². The molecular weight excluding hydrogens is 274 g/mol. The summed E-state index contributed by atoms with van der Waals surface area (Å²) >= 11 is 0. The van der Waals surface area contributed by atoms with Crippen molar-refractivity contribution in [2.75, 3.05) is 6.54 Å². The summed E-state index contributed by atoms with van der Waals surface area (Å²) in [6, 6.07) is 9.31. The zero-order valence-corrected chi connectivity index (χ0v) is 13.3. The maximum Gasteiger partial charge on any atom is 0.219 e. The van der Waals surface area contributed by atoms with Crippen LogP contribution >= 0.6 is 0 Å². The number of aryl methyl sites for hydroxylation is 1. The average molecular weight is 299 g/mol. The second-order valence-electron chi connectivity index (χ2n) is 6.08. The number of benzene rings is 1. The Morgan fingerprint density at radius 1 is 1.32 bits per heavy atom. The zero-order chi connectivity index (χ0) is 15.4. The van der Waals surface area contributed by atoms with Gasteiger partial charge in [-0.25, -0.2) is 0 Å². The minimum Gasteiger partial charge on any atom is -0.356 e. The van der Waals surface area contributed by atoms with Gasteiger partial charge in [0, 0.05) is 49.2 Å². The number of hydrogen-bond acceptors (Lipinski definition) is 2. The molecule has 1 aromatic heterocycles. The molecule has 118 valence electrons. The van der Waals surface area contributed by atoms with E-state index in [4.69, 9.17) is 0 Å². The van der Waals surface area contributed by atoms with Gasteiger partial charge in [0.05, 0.1) is 0 Å². The van der Waals surface area contributed by atoms with Gasteiger partial charge in [0.2, 0.25) is 5.91 Å². The minimum atomic E-state index is 0.131. The molecule has 2 N–H and O–H groups in total. The molecule has 0 radical (unpaired) electrons. The number of nitrogens with one attached hydrogen (secondary N) is 2. The Balaban J connectivity index is 1.64. The lowest BCUT2D eigenvalue weighted by molar-refractivity contribution is -0.120. The van der Waals surface area contributed by atoms with E-state index in [0.717, 1.165) is 32.1 Å². The summed E-state index contributed by atoms with van der Waals surface area (Å²) in [4.78, 5) is 11.3. The van der Waals surface area contributed by atoms with Gasteiger partial charge < -0.3 is 15.2 Å². The third-order valence-corrected chi connectivity index (χ3v) is 4.25. The molecule has 0 bridgehead atoms. The molecule has 22 heavy (non-hydrogen) atoms. The van der Waals surface area contributed by atoms with E-state index < -0.39 is 0 Å². The molecule has 0 atom stereocenters. The molecule has 1 fully saturated rings. The van der Waals surface area contributed by atoms with Crippen LogP contribution in [0.5, 0.6) is 0 Å². The highest BCUT2D eigenvalue weighted by atomic mass is 16.1. The molecule has 1 aliphatic rings. The summed E-state index contributed by atoms with van der Waals surface area (Å²) in [5.41, 5.74) is 2.66. The fourth-order valence-electron chi connectivity index (χ4n) is 2.79. The summed E-state index contributed by atoms with van der Waals surface area (Å²) in [5.74, 6) is 0.131. The van der Waals surface area contributed by atoms with E-state index in [0.29, 0.717) is 6.42 Å². The number of amides is 1. The normalized spacial score (nSPS) is 14.4. The molecule has 0 unspecified atom stereocenters. The van der Waals surface area contributed by atoms with Crippen molar-refractivity contribution in [1.29, 1.82) is 0 Å². The topological polar surface area (TPSA) is 46.1 Å². The number of hydrogen-bond donors (Lipinski definition) is 2. The highest BCUT2D eigenvalue weighted by molar-refractivity contribution is 5.84. The average Bonchev–Trinajstić information content (AvgIpc) is 3.31. The van der Waals surface area contributed by atoms with Crippen LogP contribution in [-0.2, 0) is 17.9 Å². The molecule has 0 saturated heterocycles. The molecule has 0 spiro atoms. The molecule has 1 saturated carbocycles. The predicted octanol–water partition coefficient (Wildman–Crippen LogP) is 2.81. The smallest absolute Gasteiger partial charge is 0.219 e. The third kappa shape index (κ3) is 3.69.